The van der Waals surface area contributed by atoms with Gasteiger partial charge in [-0.1, -0.05) is 35.4 Å². The van der Waals surface area contributed by atoms with E-state index in [0.717, 1.165) is 38.6 Å². The van der Waals surface area contributed by atoms with Crippen molar-refractivity contribution in [2.24, 2.45) is 5.92 Å². The maximum atomic E-state index is 12.4. The second kappa shape index (κ2) is 8.93. The van der Waals surface area contributed by atoms with Gasteiger partial charge in [0.15, 0.2) is 6.61 Å². The van der Waals surface area contributed by atoms with Gasteiger partial charge in [-0.3, -0.25) is 9.69 Å². The molecule has 1 saturated heterocycles. The third-order valence-corrected chi connectivity index (χ3v) is 5.39. The average Bonchev–Trinajstić information content (AvgIpc) is 2.62. The van der Waals surface area contributed by atoms with Crippen LogP contribution in [0.2, 0.25) is 10.0 Å². The molecule has 0 radical (unpaired) electrons. The average molecular weight is 383 g/mol. The largest absolute Gasteiger partial charge is 0.482 e. The highest BCUT2D eigenvalue weighted by molar-refractivity contribution is 6.35. The van der Waals surface area contributed by atoms with Gasteiger partial charge in [0, 0.05) is 37.7 Å². The van der Waals surface area contributed by atoms with E-state index in [4.69, 9.17) is 27.9 Å². The van der Waals surface area contributed by atoms with Crippen LogP contribution in [0.3, 0.4) is 0 Å². The predicted molar refractivity (Wildman–Crippen MR) is 101 cm³/mol. The monoisotopic (exact) mass is 382 g/mol. The number of nitrogens with zero attached hydrogens (tertiary/aromatic N) is 2. The molecule has 1 aromatic carbocycles. The maximum Gasteiger partial charge on any atom is 0.260 e. The van der Waals surface area contributed by atoms with Crippen LogP contribution in [0.15, 0.2) is 30.4 Å². The summed E-state index contributed by atoms with van der Waals surface area (Å²) < 4.78 is 5.55. The van der Waals surface area contributed by atoms with Crippen LogP contribution in [-0.2, 0) is 4.79 Å². The first kappa shape index (κ1) is 18.6. The number of piperazine rings is 1. The molecule has 0 aromatic heterocycles. The van der Waals surface area contributed by atoms with Crippen LogP contribution >= 0.6 is 23.2 Å². The Labute approximate surface area is 159 Å². The van der Waals surface area contributed by atoms with E-state index in [1.54, 1.807) is 18.2 Å². The summed E-state index contributed by atoms with van der Waals surface area (Å²) in [5.41, 5.74) is 0. The molecule has 1 aliphatic heterocycles. The van der Waals surface area contributed by atoms with E-state index in [9.17, 15) is 4.79 Å². The minimum atomic E-state index is 0.00580. The van der Waals surface area contributed by atoms with Crippen molar-refractivity contribution in [1.29, 1.82) is 0 Å². The first-order valence-electron chi connectivity index (χ1n) is 8.85. The van der Waals surface area contributed by atoms with Crippen LogP contribution in [0.1, 0.15) is 19.3 Å². The Balaban J connectivity index is 1.41. The second-order valence-corrected chi connectivity index (χ2v) is 7.54. The van der Waals surface area contributed by atoms with Gasteiger partial charge in [-0.2, -0.15) is 0 Å². The lowest BCUT2D eigenvalue weighted by atomic mass is 9.94. The Bertz CT molecular complexity index is 628. The molecular formula is C19H24Cl2N2O2. The molecule has 1 atom stereocenters. The van der Waals surface area contributed by atoms with Crippen molar-refractivity contribution < 1.29 is 9.53 Å². The molecule has 0 spiro atoms. The molecule has 0 N–H and O–H groups in total. The second-order valence-electron chi connectivity index (χ2n) is 6.70. The Hall–Kier alpha value is -1.23. The standard InChI is InChI=1S/C19H24Cl2N2O2/c20-16-6-7-18(17(21)12-16)25-14-19(24)23-10-8-22(9-11-23)13-15-4-2-1-3-5-15/h1-2,6-7,12,15H,3-5,8-11,13-14H2. The molecule has 6 heteroatoms. The number of allylic oxidation sites excluding steroid dienone is 2. The van der Waals surface area contributed by atoms with Crippen molar-refractivity contribution in [1.82, 2.24) is 9.80 Å². The molecule has 1 unspecified atom stereocenters. The number of ether oxygens (including phenoxy) is 1. The van der Waals surface area contributed by atoms with Crippen LogP contribution in [0.4, 0.5) is 0 Å². The molecule has 2 aliphatic rings. The number of rotatable bonds is 5. The normalized spacial score (nSPS) is 21.4. The Morgan fingerprint density at radius 3 is 2.64 bits per heavy atom. The van der Waals surface area contributed by atoms with Gasteiger partial charge in [0.1, 0.15) is 5.75 Å². The molecule has 1 heterocycles. The fourth-order valence-electron chi connectivity index (χ4n) is 3.39. The van der Waals surface area contributed by atoms with Gasteiger partial charge in [-0.05, 0) is 43.4 Å². The molecule has 1 aliphatic carbocycles. The molecular weight excluding hydrogens is 359 g/mol. The van der Waals surface area contributed by atoms with Crippen LogP contribution < -0.4 is 4.74 Å². The van der Waals surface area contributed by atoms with Gasteiger partial charge in [0.05, 0.1) is 5.02 Å². The predicted octanol–water partition coefficient (Wildman–Crippen LogP) is 3.87. The number of carbonyl (C=O) groups excluding carboxylic acids is 1. The topological polar surface area (TPSA) is 32.8 Å². The molecule has 4 nitrogen and oxygen atoms in total. The van der Waals surface area contributed by atoms with Gasteiger partial charge >= 0.3 is 0 Å². The molecule has 1 aromatic rings. The van der Waals surface area contributed by atoms with Gasteiger partial charge in [0.2, 0.25) is 0 Å². The zero-order valence-electron chi connectivity index (χ0n) is 14.3. The van der Waals surface area contributed by atoms with Gasteiger partial charge in [0.25, 0.3) is 5.91 Å². The van der Waals surface area contributed by atoms with Gasteiger partial charge in [-0.15, -0.1) is 0 Å². The van der Waals surface area contributed by atoms with Crippen molar-refractivity contribution in [3.8, 4) is 5.75 Å². The molecule has 25 heavy (non-hydrogen) atoms. The van der Waals surface area contributed by atoms with E-state index >= 15 is 0 Å². The number of halogens is 2. The minimum absolute atomic E-state index is 0.00580. The highest BCUT2D eigenvalue weighted by atomic mass is 35.5. The SMILES string of the molecule is O=C(COc1ccc(Cl)cc1Cl)N1CCN(CC2CC=CCC2)CC1. The van der Waals surface area contributed by atoms with E-state index in [2.05, 4.69) is 17.1 Å². The van der Waals surface area contributed by atoms with E-state index in [1.165, 1.54) is 19.3 Å². The molecule has 3 rings (SSSR count). The Kier molecular flexibility index (Phi) is 6.63. The quantitative estimate of drug-likeness (QED) is 0.724. The Morgan fingerprint density at radius 2 is 1.96 bits per heavy atom. The number of hydrogen-bond donors (Lipinski definition) is 0. The summed E-state index contributed by atoms with van der Waals surface area (Å²) in [7, 11) is 0. The third-order valence-electron chi connectivity index (χ3n) is 4.86. The number of amides is 1. The van der Waals surface area contributed by atoms with E-state index in [-0.39, 0.29) is 12.5 Å². The summed E-state index contributed by atoms with van der Waals surface area (Å²) in [6.45, 7) is 4.55. The van der Waals surface area contributed by atoms with E-state index in [0.29, 0.717) is 15.8 Å². The van der Waals surface area contributed by atoms with Crippen LogP contribution in [-0.4, -0.2) is 55.0 Å². The summed E-state index contributed by atoms with van der Waals surface area (Å²) in [4.78, 5) is 16.7. The van der Waals surface area contributed by atoms with Gasteiger partial charge < -0.3 is 9.64 Å². The lowest BCUT2D eigenvalue weighted by Gasteiger charge is -2.36. The van der Waals surface area contributed by atoms with E-state index in [1.807, 2.05) is 4.90 Å². The number of carbonyl (C=O) groups is 1. The summed E-state index contributed by atoms with van der Waals surface area (Å²) in [6, 6.07) is 5.00. The minimum Gasteiger partial charge on any atom is -0.482 e. The summed E-state index contributed by atoms with van der Waals surface area (Å²) in [6.07, 6.45) is 8.25. The van der Waals surface area contributed by atoms with Crippen LogP contribution in [0.5, 0.6) is 5.75 Å². The fourth-order valence-corrected chi connectivity index (χ4v) is 3.85. The summed E-state index contributed by atoms with van der Waals surface area (Å²) in [5.74, 6) is 1.26. The van der Waals surface area contributed by atoms with Crippen molar-refractivity contribution in [2.45, 2.75) is 19.3 Å². The van der Waals surface area contributed by atoms with Crippen LogP contribution in [0, 0.1) is 5.92 Å². The summed E-state index contributed by atoms with van der Waals surface area (Å²) >= 11 is 11.9. The fraction of sp³-hybridized carbons (Fsp3) is 0.526. The van der Waals surface area contributed by atoms with Crippen molar-refractivity contribution >= 4 is 29.1 Å². The lowest BCUT2D eigenvalue weighted by molar-refractivity contribution is -0.135. The zero-order chi connectivity index (χ0) is 17.6. The van der Waals surface area contributed by atoms with E-state index < -0.39 is 0 Å². The van der Waals surface area contributed by atoms with Crippen molar-refractivity contribution in [3.63, 3.8) is 0 Å². The molecule has 1 fully saturated rings. The van der Waals surface area contributed by atoms with Crippen molar-refractivity contribution in [2.75, 3.05) is 39.3 Å². The molecule has 0 bridgehead atoms. The highest BCUT2D eigenvalue weighted by Gasteiger charge is 2.23. The maximum absolute atomic E-state index is 12.4. The third kappa shape index (κ3) is 5.37. The summed E-state index contributed by atoms with van der Waals surface area (Å²) in [5, 5.41) is 0.972. The lowest BCUT2D eigenvalue weighted by Crippen LogP contribution is -2.50. The number of benzene rings is 1. The number of hydrogen-bond acceptors (Lipinski definition) is 3. The highest BCUT2D eigenvalue weighted by Crippen LogP contribution is 2.27. The Morgan fingerprint density at radius 1 is 1.16 bits per heavy atom. The van der Waals surface area contributed by atoms with Crippen LogP contribution in [0.25, 0.3) is 0 Å². The first-order chi connectivity index (χ1) is 12.1. The first-order valence-corrected chi connectivity index (χ1v) is 9.60. The molecule has 1 amide bonds. The molecule has 136 valence electrons. The smallest absolute Gasteiger partial charge is 0.260 e. The van der Waals surface area contributed by atoms with Gasteiger partial charge in [-0.25, -0.2) is 0 Å². The molecule has 0 saturated carbocycles. The zero-order valence-corrected chi connectivity index (χ0v) is 15.8. The van der Waals surface area contributed by atoms with Crippen molar-refractivity contribution in [3.05, 3.63) is 40.4 Å².